The summed E-state index contributed by atoms with van der Waals surface area (Å²) in [5.41, 5.74) is 7.15. The number of para-hydroxylation sites is 1. The highest BCUT2D eigenvalue weighted by Crippen LogP contribution is 2.58. The third-order valence-electron chi connectivity index (χ3n) is 7.29. The van der Waals surface area contributed by atoms with Gasteiger partial charge in [0.2, 0.25) is 5.91 Å². The van der Waals surface area contributed by atoms with Crippen molar-refractivity contribution in [3.05, 3.63) is 80.2 Å². The van der Waals surface area contributed by atoms with Gasteiger partial charge >= 0.3 is 5.97 Å². The van der Waals surface area contributed by atoms with E-state index in [1.165, 1.54) is 4.90 Å². The molecular formula is C28H27BrClN3O4. The number of nitrogens with two attached hydrogens (primary N) is 1. The molecule has 7 nitrogen and oxygen atoms in total. The van der Waals surface area contributed by atoms with Gasteiger partial charge in [-0.05, 0) is 43.0 Å². The largest absolute Gasteiger partial charge is 0.462 e. The number of halogens is 2. The Balaban J connectivity index is 1.95. The molecule has 0 radical (unpaired) electrons. The van der Waals surface area contributed by atoms with Gasteiger partial charge in [-0.1, -0.05) is 59.6 Å². The molecule has 5 rings (SSSR count). The van der Waals surface area contributed by atoms with Crippen LogP contribution in [0.15, 0.2) is 69.6 Å². The van der Waals surface area contributed by atoms with Crippen molar-refractivity contribution in [2.45, 2.75) is 39.0 Å². The Morgan fingerprint density at radius 3 is 2.51 bits per heavy atom. The smallest absolute Gasteiger partial charge is 0.339 e. The molecule has 2 aromatic rings. The van der Waals surface area contributed by atoms with Crippen LogP contribution in [-0.2, 0) is 24.5 Å². The average Bonchev–Trinajstić information content (AvgIpc) is 3.02. The number of carbonyl (C=O) groups excluding carboxylic acids is 3. The summed E-state index contributed by atoms with van der Waals surface area (Å²) in [6, 6.07) is 12.5. The molecule has 1 unspecified atom stereocenters. The van der Waals surface area contributed by atoms with Crippen molar-refractivity contribution in [3.8, 4) is 0 Å². The Kier molecular flexibility index (Phi) is 6.03. The van der Waals surface area contributed by atoms with E-state index in [0.29, 0.717) is 34.1 Å². The lowest BCUT2D eigenvalue weighted by molar-refractivity contribution is -0.140. The van der Waals surface area contributed by atoms with Crippen LogP contribution in [-0.4, -0.2) is 31.3 Å². The van der Waals surface area contributed by atoms with Gasteiger partial charge in [-0.2, -0.15) is 0 Å². The van der Waals surface area contributed by atoms with Crippen molar-refractivity contribution in [2.75, 3.05) is 23.5 Å². The second kappa shape index (κ2) is 8.74. The zero-order chi connectivity index (χ0) is 26.9. The van der Waals surface area contributed by atoms with Gasteiger partial charge in [-0.25, -0.2) is 4.79 Å². The quantitative estimate of drug-likeness (QED) is 0.498. The van der Waals surface area contributed by atoms with E-state index in [2.05, 4.69) is 15.9 Å². The predicted octanol–water partition coefficient (Wildman–Crippen LogP) is 5.21. The van der Waals surface area contributed by atoms with Crippen molar-refractivity contribution >= 4 is 56.6 Å². The molecule has 0 aromatic heterocycles. The van der Waals surface area contributed by atoms with Crippen LogP contribution in [0.25, 0.3) is 0 Å². The molecule has 192 valence electrons. The van der Waals surface area contributed by atoms with E-state index in [1.54, 1.807) is 49.2 Å². The number of amides is 1. The van der Waals surface area contributed by atoms with Crippen LogP contribution >= 0.6 is 27.5 Å². The molecule has 0 saturated heterocycles. The Morgan fingerprint density at radius 1 is 1.14 bits per heavy atom. The molecule has 3 aliphatic rings. The molecule has 2 heterocycles. The zero-order valence-corrected chi connectivity index (χ0v) is 23.4. The first-order chi connectivity index (χ1) is 17.5. The van der Waals surface area contributed by atoms with Crippen LogP contribution in [0.2, 0.25) is 5.02 Å². The van der Waals surface area contributed by atoms with Gasteiger partial charge in [0.15, 0.2) is 5.78 Å². The monoisotopic (exact) mass is 583 g/mol. The summed E-state index contributed by atoms with van der Waals surface area (Å²) in [5.74, 6) is -1.36. The number of likely N-dealkylation sites (N-methyl/N-ethyl adjacent to an activating group) is 1. The van der Waals surface area contributed by atoms with Crippen molar-refractivity contribution in [2.24, 2.45) is 11.1 Å². The number of benzene rings is 2. The number of esters is 1. The summed E-state index contributed by atoms with van der Waals surface area (Å²) in [6.45, 7) is 5.76. The van der Waals surface area contributed by atoms with Gasteiger partial charge in [0, 0.05) is 40.5 Å². The minimum absolute atomic E-state index is 0.0189. The second-order valence-corrected chi connectivity index (χ2v) is 11.6. The highest BCUT2D eigenvalue weighted by atomic mass is 79.9. The van der Waals surface area contributed by atoms with Gasteiger partial charge in [-0.15, -0.1) is 0 Å². The molecule has 2 N–H and O–H groups in total. The fourth-order valence-corrected chi connectivity index (χ4v) is 6.68. The van der Waals surface area contributed by atoms with Crippen LogP contribution in [0.3, 0.4) is 0 Å². The Morgan fingerprint density at radius 2 is 1.84 bits per heavy atom. The lowest BCUT2D eigenvalue weighted by atomic mass is 9.60. The fraction of sp³-hybridized carbons (Fsp3) is 0.321. The molecule has 2 aromatic carbocycles. The number of anilines is 2. The lowest BCUT2D eigenvalue weighted by Gasteiger charge is -2.47. The van der Waals surface area contributed by atoms with E-state index >= 15 is 0 Å². The molecule has 0 bridgehead atoms. The molecule has 2 aliphatic heterocycles. The maximum Gasteiger partial charge on any atom is 0.339 e. The maximum absolute atomic E-state index is 14.3. The first kappa shape index (κ1) is 25.5. The van der Waals surface area contributed by atoms with E-state index in [0.717, 1.165) is 4.47 Å². The number of Topliss-reactive ketones (excluding diaryl/α,β-unsaturated/α-hetero) is 1. The summed E-state index contributed by atoms with van der Waals surface area (Å²) in [6.07, 6.45) is 0.656. The molecule has 1 spiro atoms. The zero-order valence-electron chi connectivity index (χ0n) is 21.0. The van der Waals surface area contributed by atoms with Crippen LogP contribution in [0.5, 0.6) is 0 Å². The van der Waals surface area contributed by atoms with Crippen molar-refractivity contribution in [1.29, 1.82) is 0 Å². The molecule has 0 saturated carbocycles. The highest BCUT2D eigenvalue weighted by Gasteiger charge is 2.64. The van der Waals surface area contributed by atoms with Gasteiger partial charge in [0.05, 0.1) is 17.3 Å². The number of allylic oxidation sites excluding steroid dienone is 1. The molecule has 1 atom stereocenters. The van der Waals surface area contributed by atoms with Crippen molar-refractivity contribution in [1.82, 2.24) is 0 Å². The number of ether oxygens (including phenoxy) is 1. The summed E-state index contributed by atoms with van der Waals surface area (Å²) >= 11 is 10.1. The van der Waals surface area contributed by atoms with E-state index in [-0.39, 0.29) is 35.8 Å². The number of ketones is 1. The summed E-state index contributed by atoms with van der Waals surface area (Å²) in [7, 11) is 1.64. The van der Waals surface area contributed by atoms with Crippen LogP contribution < -0.4 is 15.5 Å². The van der Waals surface area contributed by atoms with Crippen LogP contribution in [0.1, 0.15) is 39.2 Å². The topological polar surface area (TPSA) is 92.9 Å². The second-order valence-electron chi connectivity index (χ2n) is 10.3. The molecule has 37 heavy (non-hydrogen) atoms. The maximum atomic E-state index is 14.3. The Bertz CT molecular complexity index is 1450. The number of carbonyl (C=O) groups is 3. The van der Waals surface area contributed by atoms with Crippen LogP contribution in [0.4, 0.5) is 11.4 Å². The van der Waals surface area contributed by atoms with Gasteiger partial charge in [0.1, 0.15) is 16.8 Å². The van der Waals surface area contributed by atoms with Crippen LogP contribution in [0, 0.1) is 5.41 Å². The Labute approximate surface area is 229 Å². The van der Waals surface area contributed by atoms with E-state index in [1.807, 2.05) is 26.0 Å². The molecule has 0 fully saturated rings. The highest BCUT2D eigenvalue weighted by molar-refractivity contribution is 9.10. The van der Waals surface area contributed by atoms with Crippen molar-refractivity contribution in [3.63, 3.8) is 0 Å². The number of rotatable bonds is 3. The van der Waals surface area contributed by atoms with Gasteiger partial charge in [-0.3, -0.25) is 14.5 Å². The van der Waals surface area contributed by atoms with E-state index in [9.17, 15) is 14.4 Å². The van der Waals surface area contributed by atoms with Gasteiger partial charge < -0.3 is 15.4 Å². The lowest BCUT2D eigenvalue weighted by Crippen LogP contribution is -2.55. The first-order valence-corrected chi connectivity index (χ1v) is 13.2. The fourth-order valence-electron chi connectivity index (χ4n) is 5.92. The molecular weight excluding hydrogens is 558 g/mol. The third kappa shape index (κ3) is 3.56. The number of hydrogen-bond donors (Lipinski definition) is 1. The number of fused-ring (bicyclic) bond motifs is 3. The SMILES string of the molecule is CCOC(=O)C1=C(N)N(c2ccc(Br)cc2Cl)C2=C(C(=O)CC(C)(C)C2)C12C(=O)N(C)c1ccccc12. The summed E-state index contributed by atoms with van der Waals surface area (Å²) < 4.78 is 6.24. The minimum Gasteiger partial charge on any atom is -0.462 e. The Hall–Kier alpha value is -3.10. The predicted molar refractivity (Wildman–Crippen MR) is 146 cm³/mol. The molecule has 1 aliphatic carbocycles. The standard InChI is InChI=1S/C28H27BrClN3O4/c1-5-37-25(35)23-24(31)33(19-11-10-15(29)12-17(19)30)20-13-27(2,3)14-21(34)22(20)28(23)16-8-6-7-9-18(16)32(4)26(28)36/h6-12H,5,13-14,31H2,1-4H3. The minimum atomic E-state index is -1.72. The summed E-state index contributed by atoms with van der Waals surface area (Å²) in [4.78, 5) is 45.3. The normalized spacial score (nSPS) is 22.5. The van der Waals surface area contributed by atoms with E-state index in [4.69, 9.17) is 22.1 Å². The molecule has 1 amide bonds. The molecule has 9 heteroatoms. The average molecular weight is 585 g/mol. The number of hydrogen-bond acceptors (Lipinski definition) is 6. The number of nitrogens with zero attached hydrogens (tertiary/aromatic N) is 2. The van der Waals surface area contributed by atoms with E-state index < -0.39 is 22.7 Å². The third-order valence-corrected chi connectivity index (χ3v) is 8.09. The summed E-state index contributed by atoms with van der Waals surface area (Å²) in [5, 5.41) is 0.370. The van der Waals surface area contributed by atoms with Gasteiger partial charge in [0.25, 0.3) is 0 Å². The first-order valence-electron chi connectivity index (χ1n) is 12.0. The van der Waals surface area contributed by atoms with Crippen molar-refractivity contribution < 1.29 is 19.1 Å².